The first-order valence-electron chi connectivity index (χ1n) is 8.51. The maximum Gasteiger partial charge on any atom is 0.254 e. The Bertz CT molecular complexity index is 649. The number of piperidine rings is 1. The third-order valence-corrected chi connectivity index (χ3v) is 5.34. The van der Waals surface area contributed by atoms with Crippen molar-refractivity contribution in [3.05, 3.63) is 41.2 Å². The highest BCUT2D eigenvalue weighted by molar-refractivity contribution is 5.95. The predicted molar refractivity (Wildman–Crippen MR) is 86.0 cm³/mol. The van der Waals surface area contributed by atoms with Crippen LogP contribution in [0.25, 0.3) is 0 Å². The van der Waals surface area contributed by atoms with Gasteiger partial charge < -0.3 is 9.64 Å². The minimum atomic E-state index is -0.475. The molecule has 2 bridgehead atoms. The van der Waals surface area contributed by atoms with Gasteiger partial charge in [-0.3, -0.25) is 4.79 Å². The monoisotopic (exact) mass is 315 g/mol. The van der Waals surface area contributed by atoms with E-state index in [0.717, 1.165) is 31.6 Å². The Labute approximate surface area is 136 Å². The van der Waals surface area contributed by atoms with E-state index in [2.05, 4.69) is 6.08 Å². The number of nitrogens with zero attached hydrogens (tertiary/aromatic N) is 1. The van der Waals surface area contributed by atoms with Gasteiger partial charge in [-0.1, -0.05) is 11.6 Å². The molecule has 23 heavy (non-hydrogen) atoms. The molecule has 3 aliphatic rings. The summed E-state index contributed by atoms with van der Waals surface area (Å²) in [6, 6.07) is 5.08. The highest BCUT2D eigenvalue weighted by Gasteiger charge is 2.42. The molecule has 1 aliphatic carbocycles. The third-order valence-electron chi connectivity index (χ3n) is 5.34. The summed E-state index contributed by atoms with van der Waals surface area (Å²) in [4.78, 5) is 14.9. The molecule has 1 amide bonds. The SMILES string of the molecule is COc1ccc(C(=O)N2C3CCC2CC(=CC2CC2)C3)cc1F. The number of allylic oxidation sites excluding steroid dienone is 1. The van der Waals surface area contributed by atoms with E-state index in [4.69, 9.17) is 4.74 Å². The second-order valence-corrected chi connectivity index (χ2v) is 7.02. The Kier molecular flexibility index (Phi) is 3.63. The van der Waals surface area contributed by atoms with Crippen LogP contribution in [0.1, 0.15) is 48.9 Å². The molecule has 0 N–H and O–H groups in total. The minimum Gasteiger partial charge on any atom is -0.494 e. The highest BCUT2D eigenvalue weighted by Crippen LogP contribution is 2.42. The Hall–Kier alpha value is -1.84. The Morgan fingerprint density at radius 2 is 1.91 bits per heavy atom. The lowest BCUT2D eigenvalue weighted by molar-refractivity contribution is 0.0634. The van der Waals surface area contributed by atoms with Crippen molar-refractivity contribution < 1.29 is 13.9 Å². The molecule has 2 unspecified atom stereocenters. The van der Waals surface area contributed by atoms with Crippen LogP contribution in [0.2, 0.25) is 0 Å². The number of methoxy groups -OCH3 is 1. The standard InChI is InChI=1S/C19H22FNO2/c1-23-18-7-4-14(11-17(18)20)19(22)21-15-5-6-16(21)10-13(9-15)8-12-2-3-12/h4,7-8,11-12,15-16H,2-3,5-6,9-10H2,1H3. The van der Waals surface area contributed by atoms with Crippen LogP contribution in [0.5, 0.6) is 5.75 Å². The number of fused-ring (bicyclic) bond motifs is 2. The van der Waals surface area contributed by atoms with E-state index in [1.807, 2.05) is 4.90 Å². The summed E-state index contributed by atoms with van der Waals surface area (Å²) in [5.41, 5.74) is 1.96. The van der Waals surface area contributed by atoms with Crippen molar-refractivity contribution in [3.8, 4) is 5.75 Å². The molecule has 1 aromatic rings. The molecule has 4 rings (SSSR count). The maximum absolute atomic E-state index is 13.9. The topological polar surface area (TPSA) is 29.5 Å². The van der Waals surface area contributed by atoms with E-state index in [-0.39, 0.29) is 23.7 Å². The van der Waals surface area contributed by atoms with Gasteiger partial charge in [-0.25, -0.2) is 4.39 Å². The maximum atomic E-state index is 13.9. The highest BCUT2D eigenvalue weighted by atomic mass is 19.1. The fourth-order valence-corrected chi connectivity index (χ4v) is 4.06. The smallest absolute Gasteiger partial charge is 0.254 e. The van der Waals surface area contributed by atoms with E-state index in [0.29, 0.717) is 5.56 Å². The quantitative estimate of drug-likeness (QED) is 0.791. The number of benzene rings is 1. The van der Waals surface area contributed by atoms with E-state index in [1.165, 1.54) is 37.7 Å². The van der Waals surface area contributed by atoms with Gasteiger partial charge in [-0.05, 0) is 62.6 Å². The van der Waals surface area contributed by atoms with E-state index in [9.17, 15) is 9.18 Å². The molecular weight excluding hydrogens is 293 g/mol. The Morgan fingerprint density at radius 3 is 2.48 bits per heavy atom. The van der Waals surface area contributed by atoms with Gasteiger partial charge in [-0.15, -0.1) is 0 Å². The summed E-state index contributed by atoms with van der Waals surface area (Å²) in [5, 5.41) is 0. The summed E-state index contributed by atoms with van der Waals surface area (Å²) in [6.45, 7) is 0. The zero-order valence-electron chi connectivity index (χ0n) is 13.4. The van der Waals surface area contributed by atoms with Crippen LogP contribution in [0.15, 0.2) is 29.8 Å². The second kappa shape index (κ2) is 5.66. The van der Waals surface area contributed by atoms with Crippen LogP contribution in [0, 0.1) is 11.7 Å². The van der Waals surface area contributed by atoms with Crippen LogP contribution in [-0.4, -0.2) is 30.0 Å². The summed E-state index contributed by atoms with van der Waals surface area (Å²) >= 11 is 0. The lowest BCUT2D eigenvalue weighted by Gasteiger charge is -2.36. The van der Waals surface area contributed by atoms with Crippen LogP contribution in [-0.2, 0) is 0 Å². The molecule has 2 aliphatic heterocycles. The van der Waals surface area contributed by atoms with E-state index in [1.54, 1.807) is 6.07 Å². The molecule has 3 nitrogen and oxygen atoms in total. The third kappa shape index (κ3) is 2.75. The molecule has 2 saturated heterocycles. The average Bonchev–Trinajstić information content (AvgIpc) is 3.31. The van der Waals surface area contributed by atoms with Crippen molar-refractivity contribution in [1.29, 1.82) is 0 Å². The van der Waals surface area contributed by atoms with Crippen molar-refractivity contribution in [3.63, 3.8) is 0 Å². The minimum absolute atomic E-state index is 0.0375. The average molecular weight is 315 g/mol. The van der Waals surface area contributed by atoms with Crippen LogP contribution in [0.4, 0.5) is 4.39 Å². The van der Waals surface area contributed by atoms with E-state index >= 15 is 0 Å². The van der Waals surface area contributed by atoms with Gasteiger partial charge in [0, 0.05) is 17.6 Å². The van der Waals surface area contributed by atoms with Crippen molar-refractivity contribution in [2.24, 2.45) is 5.92 Å². The van der Waals surface area contributed by atoms with Gasteiger partial charge in [-0.2, -0.15) is 0 Å². The Morgan fingerprint density at radius 1 is 1.22 bits per heavy atom. The fraction of sp³-hybridized carbons (Fsp3) is 0.526. The van der Waals surface area contributed by atoms with Gasteiger partial charge in [0.1, 0.15) is 0 Å². The van der Waals surface area contributed by atoms with Gasteiger partial charge in [0.2, 0.25) is 0 Å². The molecule has 1 aromatic carbocycles. The molecule has 122 valence electrons. The van der Waals surface area contributed by atoms with Gasteiger partial charge in [0.15, 0.2) is 11.6 Å². The largest absolute Gasteiger partial charge is 0.494 e. The summed E-state index contributed by atoms with van der Waals surface area (Å²) in [7, 11) is 1.43. The molecule has 0 radical (unpaired) electrons. The first-order chi connectivity index (χ1) is 11.2. The Balaban J connectivity index is 1.54. The molecular formula is C19H22FNO2. The summed E-state index contributed by atoms with van der Waals surface area (Å²) in [6.07, 6.45) is 9.22. The van der Waals surface area contributed by atoms with Crippen molar-refractivity contribution in [2.75, 3.05) is 7.11 Å². The second-order valence-electron chi connectivity index (χ2n) is 7.02. The normalized spacial score (nSPS) is 26.3. The number of amides is 1. The number of carbonyl (C=O) groups is 1. The lowest BCUT2D eigenvalue weighted by atomic mass is 9.94. The first kappa shape index (κ1) is 14.7. The molecule has 0 aromatic heterocycles. The fourth-order valence-electron chi connectivity index (χ4n) is 4.06. The number of carbonyl (C=O) groups excluding carboxylic acids is 1. The lowest BCUT2D eigenvalue weighted by Crippen LogP contribution is -2.44. The zero-order valence-corrected chi connectivity index (χ0v) is 13.4. The van der Waals surface area contributed by atoms with Crippen LogP contribution < -0.4 is 4.74 Å². The molecule has 1 saturated carbocycles. The summed E-state index contributed by atoms with van der Waals surface area (Å²) < 4.78 is 18.8. The summed E-state index contributed by atoms with van der Waals surface area (Å²) in [5.74, 6) is 0.460. The number of ether oxygens (including phenoxy) is 1. The first-order valence-corrected chi connectivity index (χ1v) is 8.51. The zero-order chi connectivity index (χ0) is 16.0. The van der Waals surface area contributed by atoms with E-state index < -0.39 is 5.82 Å². The van der Waals surface area contributed by atoms with Gasteiger partial charge in [0.25, 0.3) is 5.91 Å². The van der Waals surface area contributed by atoms with Gasteiger partial charge >= 0.3 is 0 Å². The van der Waals surface area contributed by atoms with Crippen molar-refractivity contribution in [1.82, 2.24) is 4.90 Å². The number of hydrogen-bond donors (Lipinski definition) is 0. The van der Waals surface area contributed by atoms with Crippen LogP contribution in [0.3, 0.4) is 0 Å². The molecule has 3 fully saturated rings. The molecule has 2 atom stereocenters. The van der Waals surface area contributed by atoms with Crippen molar-refractivity contribution >= 4 is 5.91 Å². The molecule has 0 spiro atoms. The van der Waals surface area contributed by atoms with Gasteiger partial charge in [0.05, 0.1) is 7.11 Å². The number of rotatable bonds is 3. The number of halogens is 1. The van der Waals surface area contributed by atoms with Crippen molar-refractivity contribution in [2.45, 2.75) is 50.6 Å². The molecule has 4 heteroatoms. The predicted octanol–water partition coefficient (Wildman–Crippen LogP) is 3.94. The number of hydrogen-bond acceptors (Lipinski definition) is 2. The molecule has 2 heterocycles. The van der Waals surface area contributed by atoms with Crippen LogP contribution >= 0.6 is 0 Å².